The first-order chi connectivity index (χ1) is 12.9. The van der Waals surface area contributed by atoms with Gasteiger partial charge >= 0.3 is 0 Å². The van der Waals surface area contributed by atoms with Crippen molar-refractivity contribution in [3.8, 4) is 22.9 Å². The summed E-state index contributed by atoms with van der Waals surface area (Å²) in [4.78, 5) is 26.6. The third kappa shape index (κ3) is 4.82. The van der Waals surface area contributed by atoms with Gasteiger partial charge in [0.25, 0.3) is 5.92 Å². The molecule has 3 rings (SSSR count). The first-order valence-corrected chi connectivity index (χ1v) is 10.3. The Hall–Kier alpha value is -2.05. The fourth-order valence-electron chi connectivity index (χ4n) is 2.51. The van der Waals surface area contributed by atoms with Gasteiger partial charge in [0.15, 0.2) is 0 Å². The van der Waals surface area contributed by atoms with Crippen molar-refractivity contribution in [1.82, 2.24) is 15.0 Å². The molecule has 142 valence electrons. The van der Waals surface area contributed by atoms with Crippen LogP contribution in [-0.2, 0) is 4.79 Å². The summed E-state index contributed by atoms with van der Waals surface area (Å²) in [7, 11) is 0. The fourth-order valence-corrected chi connectivity index (χ4v) is 4.70. The molecule has 9 heteroatoms. The number of hydrogen-bond donors (Lipinski definition) is 0. The first-order valence-electron chi connectivity index (χ1n) is 8.34. The Morgan fingerprint density at radius 3 is 2.81 bits per heavy atom. The summed E-state index contributed by atoms with van der Waals surface area (Å²) in [6.07, 6.45) is 10.4. The van der Waals surface area contributed by atoms with Gasteiger partial charge < -0.3 is 0 Å². The van der Waals surface area contributed by atoms with Crippen molar-refractivity contribution in [1.29, 1.82) is 0 Å². The number of terminal acetylenes is 1. The molecule has 0 spiro atoms. The van der Waals surface area contributed by atoms with Crippen molar-refractivity contribution < 1.29 is 13.6 Å². The Balaban J connectivity index is 1.63. The Bertz CT molecular complexity index is 851. The van der Waals surface area contributed by atoms with Crippen LogP contribution in [0.4, 0.5) is 13.8 Å². The Morgan fingerprint density at radius 2 is 2.19 bits per heavy atom. The molecule has 1 amide bonds. The lowest BCUT2D eigenvalue weighted by molar-refractivity contribution is -0.118. The summed E-state index contributed by atoms with van der Waals surface area (Å²) in [6, 6.07) is 0. The number of amides is 1. The van der Waals surface area contributed by atoms with Gasteiger partial charge in [-0.1, -0.05) is 17.3 Å². The monoisotopic (exact) mass is 408 g/mol. The summed E-state index contributed by atoms with van der Waals surface area (Å²) in [5, 5.41) is 1.40. The summed E-state index contributed by atoms with van der Waals surface area (Å²) >= 11 is 2.74. The number of carbonyl (C=O) groups is 1. The van der Waals surface area contributed by atoms with Crippen molar-refractivity contribution in [2.75, 3.05) is 23.0 Å². The molecular formula is C18H18F2N4OS2. The molecule has 1 aliphatic carbocycles. The van der Waals surface area contributed by atoms with Crippen LogP contribution in [0.1, 0.15) is 18.5 Å². The number of halogens is 2. The van der Waals surface area contributed by atoms with Crippen molar-refractivity contribution in [3.05, 3.63) is 24.4 Å². The second-order valence-corrected chi connectivity index (χ2v) is 8.34. The molecule has 0 aliphatic heterocycles. The molecule has 1 unspecified atom stereocenters. The minimum absolute atomic E-state index is 0.0385. The van der Waals surface area contributed by atoms with Crippen molar-refractivity contribution in [2.45, 2.75) is 25.7 Å². The molecule has 1 fully saturated rings. The van der Waals surface area contributed by atoms with E-state index in [2.05, 4.69) is 20.9 Å². The van der Waals surface area contributed by atoms with E-state index in [9.17, 15) is 13.6 Å². The predicted octanol–water partition coefficient (Wildman–Crippen LogP) is 3.65. The topological polar surface area (TPSA) is 59.0 Å². The van der Waals surface area contributed by atoms with Crippen LogP contribution in [0.2, 0.25) is 0 Å². The molecule has 0 bridgehead atoms. The van der Waals surface area contributed by atoms with Gasteiger partial charge in [-0.2, -0.15) is 11.8 Å². The number of thiazole rings is 1. The van der Waals surface area contributed by atoms with Crippen LogP contribution in [0.25, 0.3) is 10.6 Å². The van der Waals surface area contributed by atoms with E-state index < -0.39 is 11.8 Å². The highest BCUT2D eigenvalue weighted by Gasteiger charge is 2.56. The average molecular weight is 408 g/mol. The number of aromatic nitrogens is 3. The minimum atomic E-state index is -2.51. The van der Waals surface area contributed by atoms with E-state index in [0.717, 1.165) is 5.56 Å². The first kappa shape index (κ1) is 19.7. The second kappa shape index (κ2) is 8.31. The average Bonchev–Trinajstić information content (AvgIpc) is 3.08. The number of aryl methyl sites for hydroxylation is 1. The lowest BCUT2D eigenvalue weighted by Crippen LogP contribution is -2.31. The van der Waals surface area contributed by atoms with Crippen LogP contribution in [0, 0.1) is 25.2 Å². The van der Waals surface area contributed by atoms with Gasteiger partial charge in [0.1, 0.15) is 16.3 Å². The van der Waals surface area contributed by atoms with Gasteiger partial charge in [0.05, 0.1) is 12.2 Å². The quantitative estimate of drug-likeness (QED) is 0.493. The maximum atomic E-state index is 12.9. The maximum Gasteiger partial charge on any atom is 0.252 e. The highest BCUT2D eigenvalue weighted by molar-refractivity contribution is 7.99. The van der Waals surface area contributed by atoms with Gasteiger partial charge in [0.2, 0.25) is 5.91 Å². The van der Waals surface area contributed by atoms with Gasteiger partial charge in [-0.25, -0.2) is 23.7 Å². The van der Waals surface area contributed by atoms with Crippen LogP contribution >= 0.6 is 23.1 Å². The number of carbonyl (C=O) groups excluding carboxylic acids is 1. The van der Waals surface area contributed by atoms with Crippen molar-refractivity contribution >= 4 is 34.0 Å². The van der Waals surface area contributed by atoms with E-state index in [4.69, 9.17) is 6.42 Å². The molecule has 2 heterocycles. The van der Waals surface area contributed by atoms with Crippen LogP contribution in [-0.4, -0.2) is 44.8 Å². The van der Waals surface area contributed by atoms with E-state index in [-0.39, 0.29) is 25.3 Å². The van der Waals surface area contributed by atoms with E-state index in [0.29, 0.717) is 27.2 Å². The third-order valence-electron chi connectivity index (χ3n) is 4.11. The number of anilines is 1. The molecule has 0 saturated heterocycles. The van der Waals surface area contributed by atoms with Crippen molar-refractivity contribution in [2.24, 2.45) is 5.92 Å². The number of nitrogens with zero attached hydrogens (tertiary/aromatic N) is 4. The molecule has 0 N–H and O–H groups in total. The SMILES string of the molecule is C#CCN(C(=O)CCSCC1CC1(F)F)c1sc(-c2cncnc2)nc1C. The molecule has 5 nitrogen and oxygen atoms in total. The maximum absolute atomic E-state index is 12.9. The molecule has 1 aliphatic rings. The standard InChI is InChI=1S/C18H18F2N4OS2/c1-3-5-24(15(25)4-6-26-10-14-7-18(14,19)20)17-12(2)23-16(27-17)13-8-21-11-22-9-13/h1,8-9,11,14H,4-7,10H2,2H3. The van der Waals surface area contributed by atoms with Crippen LogP contribution in [0.15, 0.2) is 18.7 Å². The van der Waals surface area contributed by atoms with E-state index >= 15 is 0 Å². The largest absolute Gasteiger partial charge is 0.290 e. The van der Waals surface area contributed by atoms with Crippen LogP contribution in [0.5, 0.6) is 0 Å². The highest BCUT2D eigenvalue weighted by atomic mass is 32.2. The normalized spacial score (nSPS) is 17.3. The molecule has 2 aromatic heterocycles. The van der Waals surface area contributed by atoms with Gasteiger partial charge in [0, 0.05) is 48.2 Å². The van der Waals surface area contributed by atoms with Gasteiger partial charge in [-0.15, -0.1) is 6.42 Å². The summed E-state index contributed by atoms with van der Waals surface area (Å²) in [5.41, 5.74) is 1.47. The summed E-state index contributed by atoms with van der Waals surface area (Å²) in [6.45, 7) is 1.96. The number of thioether (sulfide) groups is 1. The third-order valence-corrected chi connectivity index (χ3v) is 6.47. The van der Waals surface area contributed by atoms with Gasteiger partial charge in [-0.3, -0.25) is 9.69 Å². The number of rotatable bonds is 8. The van der Waals surface area contributed by atoms with E-state index in [1.165, 1.54) is 34.3 Å². The van der Waals surface area contributed by atoms with Crippen molar-refractivity contribution in [3.63, 3.8) is 0 Å². The zero-order chi connectivity index (χ0) is 19.4. The van der Waals surface area contributed by atoms with Gasteiger partial charge in [-0.05, 0) is 6.92 Å². The lowest BCUT2D eigenvalue weighted by Gasteiger charge is -2.18. The minimum Gasteiger partial charge on any atom is -0.290 e. The molecule has 2 aromatic rings. The van der Waals surface area contributed by atoms with Crippen LogP contribution in [0.3, 0.4) is 0 Å². The molecule has 1 atom stereocenters. The molecular weight excluding hydrogens is 390 g/mol. The molecule has 0 aromatic carbocycles. The lowest BCUT2D eigenvalue weighted by atomic mass is 10.3. The smallest absolute Gasteiger partial charge is 0.252 e. The van der Waals surface area contributed by atoms with Crippen LogP contribution < -0.4 is 4.90 Å². The highest BCUT2D eigenvalue weighted by Crippen LogP contribution is 2.50. The Morgan fingerprint density at radius 1 is 1.48 bits per heavy atom. The zero-order valence-corrected chi connectivity index (χ0v) is 16.3. The number of alkyl halides is 2. The predicted molar refractivity (Wildman–Crippen MR) is 104 cm³/mol. The van der Waals surface area contributed by atoms with E-state index in [1.54, 1.807) is 12.4 Å². The second-order valence-electron chi connectivity index (χ2n) is 6.21. The fraction of sp³-hybridized carbons (Fsp3) is 0.444. The Labute approximate surface area is 164 Å². The molecule has 1 saturated carbocycles. The van der Waals surface area contributed by atoms with E-state index in [1.807, 2.05) is 6.92 Å². The number of hydrogen-bond acceptors (Lipinski definition) is 6. The summed E-state index contributed by atoms with van der Waals surface area (Å²) < 4.78 is 25.8. The molecule has 0 radical (unpaired) electrons. The summed E-state index contributed by atoms with van der Waals surface area (Å²) in [5.74, 6) is 0.191. The zero-order valence-electron chi connectivity index (χ0n) is 14.7. The Kier molecular flexibility index (Phi) is 6.07. The molecule has 27 heavy (non-hydrogen) atoms.